The van der Waals surface area contributed by atoms with Crippen LogP contribution in [0.2, 0.25) is 0 Å². The molecule has 1 aromatic heterocycles. The number of rotatable bonds is 3. The molecule has 5 heteroatoms. The highest BCUT2D eigenvalue weighted by Crippen LogP contribution is 2.26. The van der Waals surface area contributed by atoms with Crippen molar-refractivity contribution < 1.29 is 9.59 Å². The standard InChI is InChI=1S/C16H23N3O2/c20-15(14-7-4-9-17-14)18-13-8-10-19(11-13)16(21)12-5-2-1-3-6-12/h4,7,9,12-13,17H,1-3,5-6,8,10-11H2,(H,18,20)/t13-/m1/s1. The Morgan fingerprint density at radius 1 is 1.19 bits per heavy atom. The summed E-state index contributed by atoms with van der Waals surface area (Å²) in [6.07, 6.45) is 8.28. The fourth-order valence-electron chi connectivity index (χ4n) is 3.42. The quantitative estimate of drug-likeness (QED) is 0.893. The Labute approximate surface area is 125 Å². The van der Waals surface area contributed by atoms with Crippen LogP contribution in [0.1, 0.15) is 49.0 Å². The van der Waals surface area contributed by atoms with E-state index in [9.17, 15) is 9.59 Å². The lowest BCUT2D eigenvalue weighted by Crippen LogP contribution is -2.40. The largest absolute Gasteiger partial charge is 0.357 e. The molecule has 2 N–H and O–H groups in total. The van der Waals surface area contributed by atoms with Gasteiger partial charge in [0.25, 0.3) is 5.91 Å². The number of nitrogens with zero attached hydrogens (tertiary/aromatic N) is 1. The number of likely N-dealkylation sites (tertiary alicyclic amines) is 1. The topological polar surface area (TPSA) is 65.2 Å². The molecule has 1 atom stereocenters. The van der Waals surface area contributed by atoms with Gasteiger partial charge in [-0.2, -0.15) is 0 Å². The van der Waals surface area contributed by atoms with Crippen molar-refractivity contribution in [1.82, 2.24) is 15.2 Å². The van der Waals surface area contributed by atoms with Crippen LogP contribution in [-0.2, 0) is 4.79 Å². The molecule has 114 valence electrons. The van der Waals surface area contributed by atoms with Gasteiger partial charge in [0.15, 0.2) is 0 Å². The first-order valence-electron chi connectivity index (χ1n) is 7.97. The van der Waals surface area contributed by atoms with Crippen LogP contribution in [0.4, 0.5) is 0 Å². The molecule has 2 aliphatic rings. The van der Waals surface area contributed by atoms with Gasteiger partial charge in [0.2, 0.25) is 5.91 Å². The molecule has 0 spiro atoms. The van der Waals surface area contributed by atoms with Crippen LogP contribution in [0.15, 0.2) is 18.3 Å². The second-order valence-corrected chi connectivity index (χ2v) is 6.16. The van der Waals surface area contributed by atoms with Crippen LogP contribution in [0.5, 0.6) is 0 Å². The fraction of sp³-hybridized carbons (Fsp3) is 0.625. The molecule has 1 aliphatic carbocycles. The lowest BCUT2D eigenvalue weighted by atomic mass is 9.88. The van der Waals surface area contributed by atoms with Crippen molar-refractivity contribution >= 4 is 11.8 Å². The molecular formula is C16H23N3O2. The molecule has 1 saturated carbocycles. The van der Waals surface area contributed by atoms with Gasteiger partial charge in [-0.15, -0.1) is 0 Å². The highest BCUT2D eigenvalue weighted by atomic mass is 16.2. The fourth-order valence-corrected chi connectivity index (χ4v) is 3.42. The Hall–Kier alpha value is -1.78. The molecule has 2 heterocycles. The number of H-pyrrole nitrogens is 1. The van der Waals surface area contributed by atoms with Gasteiger partial charge in [0.05, 0.1) is 0 Å². The molecule has 0 radical (unpaired) electrons. The number of nitrogens with one attached hydrogen (secondary N) is 2. The summed E-state index contributed by atoms with van der Waals surface area (Å²) in [7, 11) is 0. The molecule has 1 aliphatic heterocycles. The monoisotopic (exact) mass is 289 g/mol. The number of carbonyl (C=O) groups is 2. The third kappa shape index (κ3) is 3.28. The third-order valence-electron chi connectivity index (χ3n) is 4.63. The first-order valence-corrected chi connectivity index (χ1v) is 7.97. The average Bonchev–Trinajstić information content (AvgIpc) is 3.19. The van der Waals surface area contributed by atoms with E-state index in [1.807, 2.05) is 11.0 Å². The summed E-state index contributed by atoms with van der Waals surface area (Å²) in [5.74, 6) is 0.430. The minimum Gasteiger partial charge on any atom is -0.357 e. The molecule has 21 heavy (non-hydrogen) atoms. The zero-order chi connectivity index (χ0) is 14.7. The van der Waals surface area contributed by atoms with Crippen molar-refractivity contribution in [3.05, 3.63) is 24.0 Å². The Balaban J connectivity index is 1.50. The van der Waals surface area contributed by atoms with Gasteiger partial charge >= 0.3 is 0 Å². The predicted octanol–water partition coefficient (Wildman–Crippen LogP) is 1.93. The van der Waals surface area contributed by atoms with Gasteiger partial charge in [-0.05, 0) is 31.4 Å². The number of hydrogen-bond acceptors (Lipinski definition) is 2. The molecule has 3 rings (SSSR count). The molecule has 2 fully saturated rings. The van der Waals surface area contributed by atoms with Crippen molar-refractivity contribution in [3.8, 4) is 0 Å². The second-order valence-electron chi connectivity index (χ2n) is 6.16. The summed E-state index contributed by atoms with van der Waals surface area (Å²) in [6, 6.07) is 3.64. The maximum Gasteiger partial charge on any atom is 0.267 e. The van der Waals surface area contributed by atoms with Crippen molar-refractivity contribution in [2.24, 2.45) is 5.92 Å². The van der Waals surface area contributed by atoms with Gasteiger partial charge in [-0.1, -0.05) is 19.3 Å². The molecule has 5 nitrogen and oxygen atoms in total. The summed E-state index contributed by atoms with van der Waals surface area (Å²) in [6.45, 7) is 1.42. The van der Waals surface area contributed by atoms with Gasteiger partial charge < -0.3 is 15.2 Å². The van der Waals surface area contributed by atoms with E-state index in [1.165, 1.54) is 19.3 Å². The van der Waals surface area contributed by atoms with E-state index in [-0.39, 0.29) is 17.9 Å². The summed E-state index contributed by atoms with van der Waals surface area (Å²) in [4.78, 5) is 29.3. The highest BCUT2D eigenvalue weighted by Gasteiger charge is 2.32. The lowest BCUT2D eigenvalue weighted by Gasteiger charge is -2.26. The van der Waals surface area contributed by atoms with E-state index in [4.69, 9.17) is 0 Å². The number of aromatic nitrogens is 1. The Kier molecular flexibility index (Phi) is 4.27. The maximum absolute atomic E-state index is 12.5. The smallest absolute Gasteiger partial charge is 0.267 e. The van der Waals surface area contributed by atoms with Crippen LogP contribution in [-0.4, -0.2) is 40.8 Å². The van der Waals surface area contributed by atoms with Crippen LogP contribution in [0.3, 0.4) is 0 Å². The van der Waals surface area contributed by atoms with E-state index in [1.54, 1.807) is 12.3 Å². The highest BCUT2D eigenvalue weighted by molar-refractivity contribution is 5.92. The zero-order valence-corrected chi connectivity index (χ0v) is 12.3. The third-order valence-corrected chi connectivity index (χ3v) is 4.63. The van der Waals surface area contributed by atoms with E-state index >= 15 is 0 Å². The Morgan fingerprint density at radius 3 is 2.71 bits per heavy atom. The maximum atomic E-state index is 12.5. The molecular weight excluding hydrogens is 266 g/mol. The summed E-state index contributed by atoms with van der Waals surface area (Å²) in [5.41, 5.74) is 0.576. The molecule has 0 aromatic carbocycles. The number of amides is 2. The minimum atomic E-state index is -0.0861. The second kappa shape index (κ2) is 6.33. The predicted molar refractivity (Wildman–Crippen MR) is 79.8 cm³/mol. The SMILES string of the molecule is O=C(N[C@@H]1CCN(C(=O)C2CCCCC2)C1)c1ccc[nH]1. The molecule has 1 saturated heterocycles. The minimum absolute atomic E-state index is 0.0772. The first kappa shape index (κ1) is 14.2. The molecule has 0 bridgehead atoms. The molecule has 1 aromatic rings. The van der Waals surface area contributed by atoms with Gasteiger partial charge in [-0.3, -0.25) is 9.59 Å². The summed E-state index contributed by atoms with van der Waals surface area (Å²) < 4.78 is 0. The van der Waals surface area contributed by atoms with Crippen LogP contribution in [0, 0.1) is 5.92 Å². The lowest BCUT2D eigenvalue weighted by molar-refractivity contribution is -0.135. The normalized spacial score (nSPS) is 23.2. The Morgan fingerprint density at radius 2 is 2.00 bits per heavy atom. The summed E-state index contributed by atoms with van der Waals surface area (Å²) in [5, 5.41) is 3.00. The average molecular weight is 289 g/mol. The van der Waals surface area contributed by atoms with E-state index < -0.39 is 0 Å². The van der Waals surface area contributed by atoms with Crippen molar-refractivity contribution in [1.29, 1.82) is 0 Å². The molecule has 2 amide bonds. The van der Waals surface area contributed by atoms with E-state index in [0.717, 1.165) is 25.8 Å². The van der Waals surface area contributed by atoms with Crippen LogP contribution in [0.25, 0.3) is 0 Å². The Bertz CT molecular complexity index is 492. The summed E-state index contributed by atoms with van der Waals surface area (Å²) >= 11 is 0. The van der Waals surface area contributed by atoms with Crippen LogP contribution >= 0.6 is 0 Å². The van der Waals surface area contributed by atoms with Crippen molar-refractivity contribution in [2.45, 2.75) is 44.6 Å². The number of carbonyl (C=O) groups excluding carboxylic acids is 2. The van der Waals surface area contributed by atoms with Gasteiger partial charge in [0.1, 0.15) is 5.69 Å². The van der Waals surface area contributed by atoms with Crippen LogP contribution < -0.4 is 5.32 Å². The number of hydrogen-bond donors (Lipinski definition) is 2. The van der Waals surface area contributed by atoms with E-state index in [0.29, 0.717) is 18.1 Å². The molecule has 0 unspecified atom stereocenters. The van der Waals surface area contributed by atoms with E-state index in [2.05, 4.69) is 10.3 Å². The first-order chi connectivity index (χ1) is 10.2. The zero-order valence-electron chi connectivity index (χ0n) is 12.3. The van der Waals surface area contributed by atoms with Crippen molar-refractivity contribution in [3.63, 3.8) is 0 Å². The van der Waals surface area contributed by atoms with Crippen molar-refractivity contribution in [2.75, 3.05) is 13.1 Å². The van der Waals surface area contributed by atoms with Gasteiger partial charge in [0, 0.05) is 31.2 Å². The number of aromatic amines is 1. The van der Waals surface area contributed by atoms with Gasteiger partial charge in [-0.25, -0.2) is 0 Å².